The molecule has 0 atom stereocenters. The van der Waals surface area contributed by atoms with Gasteiger partial charge in [0.2, 0.25) is 5.91 Å². The second-order valence-electron chi connectivity index (χ2n) is 4.95. The summed E-state index contributed by atoms with van der Waals surface area (Å²) in [6, 6.07) is 5.35. The topological polar surface area (TPSA) is 58.4 Å². The number of piperidine rings is 1. The maximum Gasteiger partial charge on any atom is 0.217 e. The van der Waals surface area contributed by atoms with E-state index in [1.807, 2.05) is 11.0 Å². The number of anilines is 1. The van der Waals surface area contributed by atoms with Gasteiger partial charge in [-0.2, -0.15) is 0 Å². The van der Waals surface area contributed by atoms with Gasteiger partial charge in [0.05, 0.1) is 5.69 Å². The van der Waals surface area contributed by atoms with Crippen LogP contribution in [0, 0.1) is 5.82 Å². The summed E-state index contributed by atoms with van der Waals surface area (Å²) in [6.07, 6.45) is 1.69. The molecule has 4 nitrogen and oxygen atoms in total. The summed E-state index contributed by atoms with van der Waals surface area (Å²) < 4.78 is 14.0. The van der Waals surface area contributed by atoms with E-state index in [9.17, 15) is 9.18 Å². The molecule has 0 spiro atoms. The Hall–Kier alpha value is -1.62. The van der Waals surface area contributed by atoms with E-state index in [1.165, 1.54) is 13.0 Å². The predicted octanol–water partition coefficient (Wildman–Crippen LogP) is 1.39. The number of carbonyl (C=O) groups is 1. The highest BCUT2D eigenvalue weighted by Gasteiger charge is 2.21. The van der Waals surface area contributed by atoms with Gasteiger partial charge in [-0.3, -0.25) is 4.79 Å². The summed E-state index contributed by atoms with van der Waals surface area (Å²) in [4.78, 5) is 13.0. The number of benzene rings is 1. The van der Waals surface area contributed by atoms with Crippen LogP contribution in [0.2, 0.25) is 0 Å². The van der Waals surface area contributed by atoms with E-state index in [0.717, 1.165) is 31.5 Å². The molecule has 19 heavy (non-hydrogen) atoms. The van der Waals surface area contributed by atoms with Gasteiger partial charge in [0.1, 0.15) is 5.82 Å². The van der Waals surface area contributed by atoms with Crippen molar-refractivity contribution in [3.63, 3.8) is 0 Å². The molecule has 1 aromatic rings. The van der Waals surface area contributed by atoms with Crippen LogP contribution in [0.4, 0.5) is 10.1 Å². The Morgan fingerprint density at radius 3 is 2.68 bits per heavy atom. The number of nitrogens with one attached hydrogen (secondary N) is 1. The van der Waals surface area contributed by atoms with Crippen LogP contribution in [0.15, 0.2) is 18.2 Å². The largest absolute Gasteiger partial charge is 0.369 e. The van der Waals surface area contributed by atoms with Gasteiger partial charge >= 0.3 is 0 Å². The minimum absolute atomic E-state index is 0.00284. The molecule has 3 N–H and O–H groups in total. The van der Waals surface area contributed by atoms with Crippen molar-refractivity contribution in [3.05, 3.63) is 29.6 Å². The summed E-state index contributed by atoms with van der Waals surface area (Å²) in [6.45, 7) is 3.38. The predicted molar refractivity (Wildman–Crippen MR) is 73.3 cm³/mol. The molecular weight excluding hydrogens is 245 g/mol. The Bertz CT molecular complexity index is 456. The minimum atomic E-state index is -0.221. The Kier molecular flexibility index (Phi) is 4.37. The van der Waals surface area contributed by atoms with Gasteiger partial charge in [0, 0.05) is 32.6 Å². The van der Waals surface area contributed by atoms with E-state index < -0.39 is 0 Å². The van der Waals surface area contributed by atoms with Crippen LogP contribution in [0.3, 0.4) is 0 Å². The number of nitrogens with zero attached hydrogens (tertiary/aromatic N) is 1. The summed E-state index contributed by atoms with van der Waals surface area (Å²) in [5.74, 6) is -0.224. The van der Waals surface area contributed by atoms with Gasteiger partial charge < -0.3 is 16.0 Å². The molecule has 1 heterocycles. The lowest BCUT2D eigenvalue weighted by Crippen LogP contribution is -2.44. The Morgan fingerprint density at radius 1 is 1.47 bits per heavy atom. The molecule has 5 heteroatoms. The van der Waals surface area contributed by atoms with Crippen LogP contribution in [0.25, 0.3) is 0 Å². The van der Waals surface area contributed by atoms with Crippen molar-refractivity contribution in [2.24, 2.45) is 5.73 Å². The highest BCUT2D eigenvalue weighted by atomic mass is 19.1. The average molecular weight is 265 g/mol. The number of halogens is 1. The summed E-state index contributed by atoms with van der Waals surface area (Å²) in [5.41, 5.74) is 6.92. The third-order valence-corrected chi connectivity index (χ3v) is 3.49. The van der Waals surface area contributed by atoms with Gasteiger partial charge in [0.15, 0.2) is 0 Å². The Balaban J connectivity index is 1.99. The standard InChI is InChI=1S/C14H20FN3O/c1-10(19)17-12-4-6-18(7-5-12)14-3-2-11(9-16)8-13(14)15/h2-3,8,12H,4-7,9,16H2,1H3,(H,17,19). The van der Waals surface area contributed by atoms with E-state index in [1.54, 1.807) is 6.07 Å². The molecule has 1 aliphatic rings. The summed E-state index contributed by atoms with van der Waals surface area (Å²) >= 11 is 0. The van der Waals surface area contributed by atoms with Gasteiger partial charge in [-0.1, -0.05) is 6.07 Å². The molecule has 0 saturated carbocycles. The molecule has 0 radical (unpaired) electrons. The number of hydrogen-bond acceptors (Lipinski definition) is 3. The minimum Gasteiger partial charge on any atom is -0.369 e. The SMILES string of the molecule is CC(=O)NC1CCN(c2ccc(CN)cc2F)CC1. The molecule has 104 valence electrons. The van der Waals surface area contributed by atoms with Crippen LogP contribution in [-0.4, -0.2) is 25.0 Å². The van der Waals surface area contributed by atoms with E-state index in [-0.39, 0.29) is 17.8 Å². The van der Waals surface area contributed by atoms with Gasteiger partial charge in [0.25, 0.3) is 0 Å². The average Bonchev–Trinajstić information content (AvgIpc) is 2.39. The first kappa shape index (κ1) is 13.8. The van der Waals surface area contributed by atoms with E-state index >= 15 is 0 Å². The first-order valence-corrected chi connectivity index (χ1v) is 6.60. The fraction of sp³-hybridized carbons (Fsp3) is 0.500. The molecule has 2 rings (SSSR count). The Labute approximate surface area is 112 Å². The van der Waals surface area contributed by atoms with Crippen molar-refractivity contribution >= 4 is 11.6 Å². The number of hydrogen-bond donors (Lipinski definition) is 2. The van der Waals surface area contributed by atoms with Crippen molar-refractivity contribution < 1.29 is 9.18 Å². The quantitative estimate of drug-likeness (QED) is 0.868. The molecule has 1 aliphatic heterocycles. The zero-order valence-corrected chi connectivity index (χ0v) is 11.2. The fourth-order valence-electron chi connectivity index (χ4n) is 2.49. The maximum absolute atomic E-state index is 14.0. The number of carbonyl (C=O) groups excluding carboxylic acids is 1. The van der Waals surface area contributed by atoms with Crippen molar-refractivity contribution in [2.75, 3.05) is 18.0 Å². The van der Waals surface area contributed by atoms with Gasteiger partial charge in [-0.15, -0.1) is 0 Å². The van der Waals surface area contributed by atoms with Crippen LogP contribution in [0.1, 0.15) is 25.3 Å². The van der Waals surface area contributed by atoms with Gasteiger partial charge in [-0.05, 0) is 30.5 Å². The van der Waals surface area contributed by atoms with Gasteiger partial charge in [-0.25, -0.2) is 4.39 Å². The number of nitrogens with two attached hydrogens (primary N) is 1. The maximum atomic E-state index is 14.0. The molecule has 1 amide bonds. The van der Waals surface area contributed by atoms with Crippen LogP contribution >= 0.6 is 0 Å². The normalized spacial score (nSPS) is 16.5. The zero-order chi connectivity index (χ0) is 13.8. The first-order chi connectivity index (χ1) is 9.10. The second-order valence-corrected chi connectivity index (χ2v) is 4.95. The number of rotatable bonds is 3. The highest BCUT2D eigenvalue weighted by Crippen LogP contribution is 2.24. The molecule has 0 aliphatic carbocycles. The summed E-state index contributed by atoms with van der Waals surface area (Å²) in [5, 5.41) is 2.91. The molecule has 0 unspecified atom stereocenters. The lowest BCUT2D eigenvalue weighted by Gasteiger charge is -2.34. The molecular formula is C14H20FN3O. The van der Waals surface area contributed by atoms with Crippen LogP contribution in [-0.2, 0) is 11.3 Å². The zero-order valence-electron chi connectivity index (χ0n) is 11.2. The second kappa shape index (κ2) is 6.02. The highest BCUT2D eigenvalue weighted by molar-refractivity contribution is 5.73. The van der Waals surface area contributed by atoms with Crippen molar-refractivity contribution in [3.8, 4) is 0 Å². The van der Waals surface area contributed by atoms with E-state index in [0.29, 0.717) is 12.2 Å². The summed E-state index contributed by atoms with van der Waals surface area (Å²) in [7, 11) is 0. The van der Waals surface area contributed by atoms with Crippen molar-refractivity contribution in [1.29, 1.82) is 0 Å². The van der Waals surface area contributed by atoms with Crippen molar-refractivity contribution in [1.82, 2.24) is 5.32 Å². The Morgan fingerprint density at radius 2 is 2.16 bits per heavy atom. The first-order valence-electron chi connectivity index (χ1n) is 6.60. The fourth-order valence-corrected chi connectivity index (χ4v) is 2.49. The lowest BCUT2D eigenvalue weighted by molar-refractivity contribution is -0.119. The molecule has 1 aromatic carbocycles. The lowest BCUT2D eigenvalue weighted by atomic mass is 10.0. The monoisotopic (exact) mass is 265 g/mol. The molecule has 1 fully saturated rings. The number of amides is 1. The third kappa shape index (κ3) is 3.44. The van der Waals surface area contributed by atoms with E-state index in [2.05, 4.69) is 5.32 Å². The van der Waals surface area contributed by atoms with Crippen LogP contribution in [0.5, 0.6) is 0 Å². The van der Waals surface area contributed by atoms with E-state index in [4.69, 9.17) is 5.73 Å². The third-order valence-electron chi connectivity index (χ3n) is 3.49. The molecule has 0 bridgehead atoms. The smallest absolute Gasteiger partial charge is 0.217 e. The van der Waals surface area contributed by atoms with Crippen LogP contribution < -0.4 is 16.0 Å². The molecule has 1 saturated heterocycles. The molecule has 0 aromatic heterocycles. The van der Waals surface area contributed by atoms with Crippen molar-refractivity contribution in [2.45, 2.75) is 32.4 Å².